The van der Waals surface area contributed by atoms with E-state index in [4.69, 9.17) is 5.73 Å². The molecule has 0 saturated carbocycles. The summed E-state index contributed by atoms with van der Waals surface area (Å²) in [6.45, 7) is 8.29. The van der Waals surface area contributed by atoms with Gasteiger partial charge >= 0.3 is 0 Å². The van der Waals surface area contributed by atoms with Gasteiger partial charge in [0, 0.05) is 13.1 Å². The lowest BCUT2D eigenvalue weighted by molar-refractivity contribution is -0.134. The number of hydrogen-bond acceptors (Lipinski definition) is 2. The van der Waals surface area contributed by atoms with Crippen molar-refractivity contribution in [3.63, 3.8) is 0 Å². The van der Waals surface area contributed by atoms with Gasteiger partial charge in [0.05, 0.1) is 6.04 Å². The molecule has 0 aromatic heterocycles. The van der Waals surface area contributed by atoms with Crippen LogP contribution in [0.15, 0.2) is 0 Å². The number of carbonyl (C=O) groups excluding carboxylic acids is 1. The fourth-order valence-corrected chi connectivity index (χ4v) is 2.20. The maximum atomic E-state index is 11.8. The highest BCUT2D eigenvalue weighted by atomic mass is 16.2. The first-order valence-electron chi connectivity index (χ1n) is 6.10. The van der Waals surface area contributed by atoms with Gasteiger partial charge in [-0.1, -0.05) is 20.8 Å². The van der Waals surface area contributed by atoms with Gasteiger partial charge in [-0.15, -0.1) is 0 Å². The quantitative estimate of drug-likeness (QED) is 0.772. The third-order valence-corrected chi connectivity index (χ3v) is 3.55. The molecule has 0 aromatic carbocycles. The van der Waals surface area contributed by atoms with Crippen LogP contribution in [0.1, 0.15) is 40.0 Å². The van der Waals surface area contributed by atoms with E-state index in [1.54, 1.807) is 0 Å². The maximum Gasteiger partial charge on any atom is 0.239 e. The van der Waals surface area contributed by atoms with Crippen LogP contribution in [-0.2, 0) is 4.79 Å². The van der Waals surface area contributed by atoms with E-state index in [0.717, 1.165) is 44.2 Å². The summed E-state index contributed by atoms with van der Waals surface area (Å²) < 4.78 is 0. The average molecular weight is 212 g/mol. The van der Waals surface area contributed by atoms with Crippen molar-refractivity contribution in [3.8, 4) is 0 Å². The van der Waals surface area contributed by atoms with Crippen LogP contribution in [0.4, 0.5) is 0 Å². The van der Waals surface area contributed by atoms with E-state index in [9.17, 15) is 4.79 Å². The van der Waals surface area contributed by atoms with Crippen molar-refractivity contribution in [1.82, 2.24) is 4.90 Å². The van der Waals surface area contributed by atoms with E-state index in [0.29, 0.717) is 0 Å². The molecule has 15 heavy (non-hydrogen) atoms. The molecule has 1 atom stereocenters. The topological polar surface area (TPSA) is 46.3 Å². The molecular formula is C12H24N2O. The summed E-state index contributed by atoms with van der Waals surface area (Å²) in [6.07, 6.45) is 3.02. The monoisotopic (exact) mass is 212 g/mol. The molecule has 0 radical (unpaired) electrons. The predicted molar refractivity (Wildman–Crippen MR) is 62.4 cm³/mol. The van der Waals surface area contributed by atoms with Gasteiger partial charge in [-0.25, -0.2) is 0 Å². The van der Waals surface area contributed by atoms with Gasteiger partial charge in [0.15, 0.2) is 0 Å². The third-order valence-electron chi connectivity index (χ3n) is 3.55. The standard InChI is InChI=1S/C12H24N2O/c1-4-11(13)12(15)14-7-5-10(6-8-14)9(2)3/h9-11H,4-8,13H2,1-3H3. The molecule has 88 valence electrons. The first-order chi connectivity index (χ1) is 7.06. The molecule has 2 N–H and O–H groups in total. The minimum Gasteiger partial charge on any atom is -0.341 e. The molecule has 3 nitrogen and oxygen atoms in total. The van der Waals surface area contributed by atoms with Gasteiger partial charge in [-0.3, -0.25) is 4.79 Å². The SMILES string of the molecule is CCC(N)C(=O)N1CCC(C(C)C)CC1. The Morgan fingerprint density at radius 1 is 1.40 bits per heavy atom. The Kier molecular flexibility index (Phi) is 4.58. The number of nitrogens with zero attached hydrogens (tertiary/aromatic N) is 1. The second-order valence-corrected chi connectivity index (χ2v) is 4.92. The zero-order chi connectivity index (χ0) is 11.4. The number of hydrogen-bond donors (Lipinski definition) is 1. The molecule has 0 aliphatic carbocycles. The van der Waals surface area contributed by atoms with Crippen LogP contribution in [0.2, 0.25) is 0 Å². The molecule has 0 bridgehead atoms. The molecule has 1 aliphatic heterocycles. The van der Waals surface area contributed by atoms with E-state index in [1.165, 1.54) is 0 Å². The molecule has 1 amide bonds. The second kappa shape index (κ2) is 5.50. The fourth-order valence-electron chi connectivity index (χ4n) is 2.20. The zero-order valence-corrected chi connectivity index (χ0v) is 10.2. The van der Waals surface area contributed by atoms with Crippen LogP contribution >= 0.6 is 0 Å². The van der Waals surface area contributed by atoms with Crippen molar-refractivity contribution in [3.05, 3.63) is 0 Å². The second-order valence-electron chi connectivity index (χ2n) is 4.92. The fraction of sp³-hybridized carbons (Fsp3) is 0.917. The van der Waals surface area contributed by atoms with E-state index in [2.05, 4.69) is 13.8 Å². The molecule has 0 aromatic rings. The summed E-state index contributed by atoms with van der Waals surface area (Å²) in [5.74, 6) is 1.66. The lowest BCUT2D eigenvalue weighted by Gasteiger charge is -2.35. The van der Waals surface area contributed by atoms with Gasteiger partial charge < -0.3 is 10.6 Å². The molecular weight excluding hydrogens is 188 g/mol. The summed E-state index contributed by atoms with van der Waals surface area (Å²) in [7, 11) is 0. The molecule has 1 heterocycles. The van der Waals surface area contributed by atoms with Crippen molar-refractivity contribution in [2.24, 2.45) is 17.6 Å². The number of nitrogens with two attached hydrogens (primary N) is 1. The van der Waals surface area contributed by atoms with Crippen molar-refractivity contribution >= 4 is 5.91 Å². The normalized spacial score (nSPS) is 20.7. The van der Waals surface area contributed by atoms with Gasteiger partial charge in [0.25, 0.3) is 0 Å². The van der Waals surface area contributed by atoms with Crippen LogP contribution in [0.5, 0.6) is 0 Å². The highest BCUT2D eigenvalue weighted by Gasteiger charge is 2.26. The highest BCUT2D eigenvalue weighted by Crippen LogP contribution is 2.24. The van der Waals surface area contributed by atoms with E-state index in [-0.39, 0.29) is 11.9 Å². The first kappa shape index (κ1) is 12.5. The Hall–Kier alpha value is -0.570. The number of amides is 1. The van der Waals surface area contributed by atoms with Gasteiger partial charge in [0.1, 0.15) is 0 Å². The van der Waals surface area contributed by atoms with E-state index < -0.39 is 0 Å². The van der Waals surface area contributed by atoms with Crippen molar-refractivity contribution in [1.29, 1.82) is 0 Å². The Morgan fingerprint density at radius 2 is 1.93 bits per heavy atom. The average Bonchev–Trinajstić information content (AvgIpc) is 2.27. The summed E-state index contributed by atoms with van der Waals surface area (Å²) in [6, 6.07) is -0.291. The molecule has 1 fully saturated rings. The van der Waals surface area contributed by atoms with Crippen LogP contribution < -0.4 is 5.73 Å². The highest BCUT2D eigenvalue weighted by molar-refractivity contribution is 5.81. The van der Waals surface area contributed by atoms with E-state index in [1.807, 2.05) is 11.8 Å². The Morgan fingerprint density at radius 3 is 2.33 bits per heavy atom. The minimum atomic E-state index is -0.291. The van der Waals surface area contributed by atoms with Crippen LogP contribution in [0.25, 0.3) is 0 Å². The number of rotatable bonds is 3. The molecule has 1 saturated heterocycles. The van der Waals surface area contributed by atoms with Crippen molar-refractivity contribution < 1.29 is 4.79 Å². The Labute approximate surface area is 93.0 Å². The zero-order valence-electron chi connectivity index (χ0n) is 10.2. The molecule has 1 unspecified atom stereocenters. The third kappa shape index (κ3) is 3.20. The van der Waals surface area contributed by atoms with Gasteiger partial charge in [-0.2, -0.15) is 0 Å². The minimum absolute atomic E-state index is 0.139. The molecule has 1 rings (SSSR count). The summed E-state index contributed by atoms with van der Waals surface area (Å²) in [4.78, 5) is 13.7. The van der Waals surface area contributed by atoms with Gasteiger partial charge in [-0.05, 0) is 31.1 Å². The predicted octanol–water partition coefficient (Wildman–Crippen LogP) is 1.62. The smallest absolute Gasteiger partial charge is 0.239 e. The molecule has 3 heteroatoms. The molecule has 0 spiro atoms. The van der Waals surface area contributed by atoms with Gasteiger partial charge in [0.2, 0.25) is 5.91 Å². The summed E-state index contributed by atoms with van der Waals surface area (Å²) >= 11 is 0. The Balaban J connectivity index is 2.40. The summed E-state index contributed by atoms with van der Waals surface area (Å²) in [5, 5.41) is 0. The van der Waals surface area contributed by atoms with Crippen LogP contribution in [0, 0.1) is 11.8 Å². The van der Waals surface area contributed by atoms with E-state index >= 15 is 0 Å². The number of likely N-dealkylation sites (tertiary alicyclic amines) is 1. The largest absolute Gasteiger partial charge is 0.341 e. The number of carbonyl (C=O) groups is 1. The van der Waals surface area contributed by atoms with Crippen molar-refractivity contribution in [2.75, 3.05) is 13.1 Å². The lowest BCUT2D eigenvalue weighted by Crippen LogP contribution is -2.47. The lowest BCUT2D eigenvalue weighted by atomic mass is 9.86. The maximum absolute atomic E-state index is 11.8. The number of piperidine rings is 1. The Bertz CT molecular complexity index is 208. The molecule has 1 aliphatic rings. The summed E-state index contributed by atoms with van der Waals surface area (Å²) in [5.41, 5.74) is 5.75. The van der Waals surface area contributed by atoms with Crippen molar-refractivity contribution in [2.45, 2.75) is 46.1 Å². The van der Waals surface area contributed by atoms with Crippen LogP contribution in [-0.4, -0.2) is 29.9 Å². The first-order valence-corrected chi connectivity index (χ1v) is 6.10. The van der Waals surface area contributed by atoms with Crippen LogP contribution in [0.3, 0.4) is 0 Å².